The molecule has 0 unspecified atom stereocenters. The highest BCUT2D eigenvalue weighted by Gasteiger charge is 2.18. The monoisotopic (exact) mass is 222 g/mol. The lowest BCUT2D eigenvalue weighted by molar-refractivity contribution is -0.384. The van der Waals surface area contributed by atoms with Crippen molar-refractivity contribution in [2.24, 2.45) is 0 Å². The van der Waals surface area contributed by atoms with Gasteiger partial charge in [0.05, 0.1) is 4.92 Å². The molecule has 0 bridgehead atoms. The fourth-order valence-corrected chi connectivity index (χ4v) is 1.74. The predicted octanol–water partition coefficient (Wildman–Crippen LogP) is 2.86. The summed E-state index contributed by atoms with van der Waals surface area (Å²) >= 11 is 0. The molecule has 1 aliphatic carbocycles. The van der Waals surface area contributed by atoms with Crippen LogP contribution in [0.25, 0.3) is 0 Å². The normalized spacial score (nSPS) is 15.3. The summed E-state index contributed by atoms with van der Waals surface area (Å²) in [5, 5.41) is 13.7. The van der Waals surface area contributed by atoms with Gasteiger partial charge >= 0.3 is 0 Å². The van der Waals surface area contributed by atoms with Crippen LogP contribution in [0.5, 0.6) is 0 Å². The van der Waals surface area contributed by atoms with Gasteiger partial charge < -0.3 is 5.32 Å². The van der Waals surface area contributed by atoms with E-state index in [0.717, 1.165) is 25.0 Å². The average molecular weight is 222 g/mol. The van der Waals surface area contributed by atoms with Crippen LogP contribution >= 0.6 is 0 Å². The quantitative estimate of drug-likeness (QED) is 0.486. The molecule has 1 aromatic carbocycles. The van der Waals surface area contributed by atoms with E-state index in [2.05, 4.69) is 5.32 Å². The van der Waals surface area contributed by atoms with Crippen molar-refractivity contribution in [2.75, 3.05) is 5.32 Å². The number of halogens is 1. The predicted molar refractivity (Wildman–Crippen MR) is 58.8 cm³/mol. The summed E-state index contributed by atoms with van der Waals surface area (Å²) in [6.45, 7) is 0. The molecule has 1 N–H and O–H groups in total. The molecule has 1 aromatic rings. The van der Waals surface area contributed by atoms with Gasteiger partial charge in [-0.25, -0.2) is 4.39 Å². The van der Waals surface area contributed by atoms with Crippen LogP contribution < -0.4 is 5.32 Å². The van der Waals surface area contributed by atoms with Crippen LogP contribution in [-0.4, -0.2) is 11.0 Å². The third kappa shape index (κ3) is 2.18. The van der Waals surface area contributed by atoms with Gasteiger partial charge in [0.25, 0.3) is 5.69 Å². The highest BCUT2D eigenvalue weighted by molar-refractivity contribution is 5.62. The fourth-order valence-electron chi connectivity index (χ4n) is 1.74. The molecule has 0 aliphatic heterocycles. The Kier molecular flexibility index (Phi) is 2.85. The number of nitro benzene ring substituents is 1. The van der Waals surface area contributed by atoms with Gasteiger partial charge in [-0.2, -0.15) is 0 Å². The number of anilines is 1. The highest BCUT2D eigenvalue weighted by Crippen LogP contribution is 2.27. The van der Waals surface area contributed by atoms with Crippen LogP contribution in [0.1, 0.15) is 12.8 Å². The zero-order chi connectivity index (χ0) is 11.5. The third-order valence-electron chi connectivity index (χ3n) is 2.52. The zero-order valence-corrected chi connectivity index (χ0v) is 8.52. The van der Waals surface area contributed by atoms with Crippen molar-refractivity contribution in [1.82, 2.24) is 0 Å². The van der Waals surface area contributed by atoms with Crippen LogP contribution in [0.4, 0.5) is 15.8 Å². The Hall–Kier alpha value is -1.91. The van der Waals surface area contributed by atoms with E-state index in [-0.39, 0.29) is 17.4 Å². The first-order valence-corrected chi connectivity index (χ1v) is 5.02. The maximum Gasteiger partial charge on any atom is 0.292 e. The summed E-state index contributed by atoms with van der Waals surface area (Å²) in [6.07, 6.45) is 5.63. The maximum absolute atomic E-state index is 13.0. The Morgan fingerprint density at radius 2 is 2.06 bits per heavy atom. The molecule has 0 spiro atoms. The minimum atomic E-state index is -0.510. The molecule has 0 aromatic heterocycles. The molecule has 2 rings (SSSR count). The number of benzene rings is 1. The molecule has 84 valence electrons. The van der Waals surface area contributed by atoms with Crippen molar-refractivity contribution < 1.29 is 9.31 Å². The molecule has 0 heterocycles. The van der Waals surface area contributed by atoms with Gasteiger partial charge in [-0.15, -0.1) is 0 Å². The second-order valence-electron chi connectivity index (χ2n) is 3.70. The van der Waals surface area contributed by atoms with Gasteiger partial charge in [-0.1, -0.05) is 12.2 Å². The lowest BCUT2D eigenvalue weighted by Crippen LogP contribution is -2.16. The standard InChI is InChI=1S/C11H11FN2O2/c12-8-5-6-11(14(15)16)10(7-8)13-9-3-1-2-4-9/h1-2,5-7,9,13H,3-4H2. The smallest absolute Gasteiger partial charge is 0.292 e. The number of hydrogen-bond acceptors (Lipinski definition) is 3. The number of nitro groups is 1. The molecule has 0 radical (unpaired) electrons. The van der Waals surface area contributed by atoms with E-state index in [1.165, 1.54) is 6.07 Å². The van der Waals surface area contributed by atoms with Crippen molar-refractivity contribution in [3.05, 3.63) is 46.3 Å². The van der Waals surface area contributed by atoms with Crippen molar-refractivity contribution >= 4 is 11.4 Å². The minimum absolute atomic E-state index is 0.0895. The summed E-state index contributed by atoms with van der Waals surface area (Å²) in [5.74, 6) is -0.473. The van der Waals surface area contributed by atoms with Crippen molar-refractivity contribution in [2.45, 2.75) is 18.9 Å². The Labute approximate surface area is 91.9 Å². The van der Waals surface area contributed by atoms with Gasteiger partial charge in [0.2, 0.25) is 0 Å². The van der Waals surface area contributed by atoms with Gasteiger partial charge in [0, 0.05) is 18.2 Å². The SMILES string of the molecule is O=[N+]([O-])c1ccc(F)cc1NC1CC=CC1. The Morgan fingerprint density at radius 3 is 2.69 bits per heavy atom. The molecule has 1 aliphatic rings. The van der Waals surface area contributed by atoms with Crippen LogP contribution in [0.15, 0.2) is 30.4 Å². The van der Waals surface area contributed by atoms with Gasteiger partial charge in [-0.05, 0) is 18.9 Å². The van der Waals surface area contributed by atoms with Crippen LogP contribution in [0, 0.1) is 15.9 Å². The van der Waals surface area contributed by atoms with Gasteiger partial charge in [0.15, 0.2) is 0 Å². The molecule has 5 heteroatoms. The second-order valence-corrected chi connectivity index (χ2v) is 3.70. The summed E-state index contributed by atoms with van der Waals surface area (Å²) in [6, 6.07) is 3.56. The third-order valence-corrected chi connectivity index (χ3v) is 2.52. The largest absolute Gasteiger partial charge is 0.376 e. The molecule has 0 atom stereocenters. The first-order chi connectivity index (χ1) is 7.66. The van der Waals surface area contributed by atoms with E-state index in [1.54, 1.807) is 0 Å². The number of nitrogens with one attached hydrogen (secondary N) is 1. The highest BCUT2D eigenvalue weighted by atomic mass is 19.1. The van der Waals surface area contributed by atoms with E-state index in [9.17, 15) is 14.5 Å². The molecule has 4 nitrogen and oxygen atoms in total. The molecule has 0 saturated heterocycles. The van der Waals surface area contributed by atoms with Gasteiger partial charge in [-0.3, -0.25) is 10.1 Å². The lowest BCUT2D eigenvalue weighted by Gasteiger charge is -2.13. The molecule has 0 amide bonds. The second kappa shape index (κ2) is 4.30. The number of nitrogens with zero attached hydrogens (tertiary/aromatic N) is 1. The minimum Gasteiger partial charge on any atom is -0.376 e. The van der Waals surface area contributed by atoms with Crippen LogP contribution in [0.2, 0.25) is 0 Å². The Bertz CT molecular complexity index is 438. The summed E-state index contributed by atoms with van der Waals surface area (Å²) in [5.41, 5.74) is 0.159. The Balaban J connectivity index is 2.23. The van der Waals surface area contributed by atoms with Crippen molar-refractivity contribution in [1.29, 1.82) is 0 Å². The van der Waals surface area contributed by atoms with Crippen molar-refractivity contribution in [3.8, 4) is 0 Å². The average Bonchev–Trinajstić information content (AvgIpc) is 2.70. The first kappa shape index (κ1) is 10.6. The van der Waals surface area contributed by atoms with Crippen molar-refractivity contribution in [3.63, 3.8) is 0 Å². The molecule has 16 heavy (non-hydrogen) atoms. The van der Waals surface area contributed by atoms with Gasteiger partial charge in [0.1, 0.15) is 11.5 Å². The molecule has 0 saturated carbocycles. The Morgan fingerprint density at radius 1 is 1.38 bits per heavy atom. The number of hydrogen-bond donors (Lipinski definition) is 1. The topological polar surface area (TPSA) is 55.2 Å². The molecule has 0 fully saturated rings. The number of rotatable bonds is 3. The lowest BCUT2D eigenvalue weighted by atomic mass is 10.2. The van der Waals surface area contributed by atoms with E-state index in [0.29, 0.717) is 0 Å². The summed E-state index contributed by atoms with van der Waals surface area (Å²) in [7, 11) is 0. The van der Waals surface area contributed by atoms with Crippen LogP contribution in [-0.2, 0) is 0 Å². The van der Waals surface area contributed by atoms with E-state index in [4.69, 9.17) is 0 Å². The zero-order valence-electron chi connectivity index (χ0n) is 8.52. The van der Waals surface area contributed by atoms with E-state index >= 15 is 0 Å². The summed E-state index contributed by atoms with van der Waals surface area (Å²) < 4.78 is 13.0. The summed E-state index contributed by atoms with van der Waals surface area (Å²) in [4.78, 5) is 10.2. The van der Waals surface area contributed by atoms with E-state index in [1.807, 2.05) is 12.2 Å². The first-order valence-electron chi connectivity index (χ1n) is 5.02. The van der Waals surface area contributed by atoms with E-state index < -0.39 is 10.7 Å². The molecular weight excluding hydrogens is 211 g/mol. The maximum atomic E-state index is 13.0. The molecular formula is C11H11FN2O2. The van der Waals surface area contributed by atoms with Crippen LogP contribution in [0.3, 0.4) is 0 Å². The fraction of sp³-hybridized carbons (Fsp3) is 0.273.